The highest BCUT2D eigenvalue weighted by Crippen LogP contribution is 2.30. The van der Waals surface area contributed by atoms with Crippen LogP contribution >= 0.6 is 0 Å². The monoisotopic (exact) mass is 285 g/mol. The number of rotatable bonds is 5. The summed E-state index contributed by atoms with van der Waals surface area (Å²) in [7, 11) is -4.45. The van der Waals surface area contributed by atoms with Crippen molar-refractivity contribution in [2.24, 2.45) is 0 Å². The second kappa shape index (κ2) is 5.90. The van der Waals surface area contributed by atoms with Crippen LogP contribution in [0, 0.1) is 0 Å². The van der Waals surface area contributed by atoms with Gasteiger partial charge in [-0.3, -0.25) is 4.55 Å². The molecule has 5 nitrogen and oxygen atoms in total. The van der Waals surface area contributed by atoms with Gasteiger partial charge in [-0.1, -0.05) is 19.1 Å². The maximum Gasteiger partial charge on any atom is 0.446 e. The minimum Gasteiger partial charge on any atom is -0.362 e. The maximum absolute atomic E-state index is 10.8. The van der Waals surface area contributed by atoms with Gasteiger partial charge in [0.05, 0.1) is 0 Å². The van der Waals surface area contributed by atoms with Gasteiger partial charge < -0.3 is 9.50 Å². The maximum atomic E-state index is 10.8. The van der Waals surface area contributed by atoms with Gasteiger partial charge in [0.2, 0.25) is 0 Å². The predicted molar refractivity (Wildman–Crippen MR) is 72.7 cm³/mol. The minimum atomic E-state index is -4.45. The van der Waals surface area contributed by atoms with Crippen LogP contribution < -0.4 is 9.50 Å². The Bertz CT molecular complexity index is 542. The molecular formula is C13H19NO4S. The summed E-state index contributed by atoms with van der Waals surface area (Å²) in [4.78, 5) is 0. The van der Waals surface area contributed by atoms with E-state index < -0.39 is 10.4 Å². The van der Waals surface area contributed by atoms with Crippen LogP contribution in [0.1, 0.15) is 30.9 Å². The standard InChI is InChI=1S/C13H19NO4S/c1-2-8-14-11-6-7-12-10(9-11)4-3-5-13(12)18-19(15,16)17/h3-5,11,14H,2,6-9H2,1H3,(H,15,16,17)/t11-/m0/s1. The van der Waals surface area contributed by atoms with E-state index in [9.17, 15) is 8.42 Å². The summed E-state index contributed by atoms with van der Waals surface area (Å²) in [5.74, 6) is 0.244. The number of nitrogens with one attached hydrogen (secondary N) is 1. The van der Waals surface area contributed by atoms with Gasteiger partial charge in [-0.25, -0.2) is 0 Å². The molecule has 0 saturated heterocycles. The van der Waals surface area contributed by atoms with Gasteiger partial charge in [-0.15, -0.1) is 0 Å². The SMILES string of the molecule is CCCN[C@H]1CCc2c(cccc2OS(=O)(=O)O)C1. The third-order valence-corrected chi connectivity index (χ3v) is 3.71. The van der Waals surface area contributed by atoms with Crippen molar-refractivity contribution in [3.05, 3.63) is 29.3 Å². The van der Waals surface area contributed by atoms with Crippen molar-refractivity contribution in [3.8, 4) is 5.75 Å². The van der Waals surface area contributed by atoms with Crippen LogP contribution in [0.3, 0.4) is 0 Å². The Labute approximate surface area is 113 Å². The Morgan fingerprint density at radius 2 is 2.26 bits per heavy atom. The van der Waals surface area contributed by atoms with Crippen LogP contribution in [0.4, 0.5) is 0 Å². The second-order valence-electron chi connectivity index (χ2n) is 4.80. The van der Waals surface area contributed by atoms with E-state index >= 15 is 0 Å². The van der Waals surface area contributed by atoms with Crippen LogP contribution in [0.25, 0.3) is 0 Å². The van der Waals surface area contributed by atoms with E-state index in [4.69, 9.17) is 4.55 Å². The molecule has 19 heavy (non-hydrogen) atoms. The molecule has 0 radical (unpaired) electrons. The summed E-state index contributed by atoms with van der Waals surface area (Å²) in [6.07, 6.45) is 3.65. The summed E-state index contributed by atoms with van der Waals surface area (Å²) in [5.41, 5.74) is 1.97. The fourth-order valence-corrected chi connectivity index (χ4v) is 2.87. The van der Waals surface area contributed by atoms with Crippen molar-refractivity contribution in [2.75, 3.05) is 6.54 Å². The van der Waals surface area contributed by atoms with Crippen molar-refractivity contribution in [2.45, 2.75) is 38.6 Å². The lowest BCUT2D eigenvalue weighted by atomic mass is 9.87. The van der Waals surface area contributed by atoms with Crippen LogP contribution in [-0.2, 0) is 23.2 Å². The van der Waals surface area contributed by atoms with Crippen molar-refractivity contribution < 1.29 is 17.2 Å². The van der Waals surface area contributed by atoms with Crippen LogP contribution in [0.15, 0.2) is 18.2 Å². The average molecular weight is 285 g/mol. The fourth-order valence-electron chi connectivity index (χ4n) is 2.49. The quantitative estimate of drug-likeness (QED) is 0.806. The van der Waals surface area contributed by atoms with Crippen molar-refractivity contribution in [3.63, 3.8) is 0 Å². The zero-order chi connectivity index (χ0) is 13.9. The third kappa shape index (κ3) is 3.92. The molecule has 0 aliphatic heterocycles. The molecule has 1 aromatic rings. The molecule has 0 fully saturated rings. The Kier molecular flexibility index (Phi) is 4.44. The molecule has 0 bridgehead atoms. The predicted octanol–water partition coefficient (Wildman–Crippen LogP) is 1.73. The zero-order valence-electron chi connectivity index (χ0n) is 10.9. The molecule has 0 saturated carbocycles. The Morgan fingerprint density at radius 3 is 2.95 bits per heavy atom. The molecule has 1 aromatic carbocycles. The van der Waals surface area contributed by atoms with E-state index in [0.29, 0.717) is 6.04 Å². The molecule has 1 atom stereocenters. The molecule has 106 valence electrons. The fraction of sp³-hybridized carbons (Fsp3) is 0.538. The van der Waals surface area contributed by atoms with E-state index in [-0.39, 0.29) is 5.75 Å². The summed E-state index contributed by atoms with van der Waals surface area (Å²) >= 11 is 0. The molecule has 2 rings (SSSR count). The first-order valence-corrected chi connectivity index (χ1v) is 7.87. The number of hydrogen-bond acceptors (Lipinski definition) is 4. The zero-order valence-corrected chi connectivity index (χ0v) is 11.7. The Balaban J connectivity index is 2.16. The molecule has 0 unspecified atom stereocenters. The normalized spacial score (nSPS) is 18.9. The van der Waals surface area contributed by atoms with Crippen LogP contribution in [0.2, 0.25) is 0 Å². The molecule has 1 aliphatic carbocycles. The van der Waals surface area contributed by atoms with E-state index in [1.165, 1.54) is 0 Å². The smallest absolute Gasteiger partial charge is 0.362 e. The number of fused-ring (bicyclic) bond motifs is 1. The van der Waals surface area contributed by atoms with Gasteiger partial charge in [0, 0.05) is 6.04 Å². The molecule has 2 N–H and O–H groups in total. The van der Waals surface area contributed by atoms with E-state index in [0.717, 1.165) is 43.4 Å². The molecule has 0 amide bonds. The minimum absolute atomic E-state index is 0.244. The van der Waals surface area contributed by atoms with Gasteiger partial charge in [-0.2, -0.15) is 8.42 Å². The Morgan fingerprint density at radius 1 is 1.47 bits per heavy atom. The summed E-state index contributed by atoms with van der Waals surface area (Å²) in [6, 6.07) is 5.73. The molecular weight excluding hydrogens is 266 g/mol. The number of hydrogen-bond donors (Lipinski definition) is 2. The lowest BCUT2D eigenvalue weighted by Crippen LogP contribution is -2.35. The van der Waals surface area contributed by atoms with E-state index in [2.05, 4.69) is 16.4 Å². The van der Waals surface area contributed by atoms with Crippen molar-refractivity contribution >= 4 is 10.4 Å². The Hall–Kier alpha value is -1.11. The first kappa shape index (κ1) is 14.3. The highest BCUT2D eigenvalue weighted by Gasteiger charge is 2.22. The van der Waals surface area contributed by atoms with Crippen molar-refractivity contribution in [1.82, 2.24) is 5.32 Å². The second-order valence-corrected chi connectivity index (χ2v) is 5.82. The van der Waals surface area contributed by atoms with E-state index in [1.807, 2.05) is 6.07 Å². The summed E-state index contributed by atoms with van der Waals surface area (Å²) < 4.78 is 35.0. The average Bonchev–Trinajstić information content (AvgIpc) is 2.34. The number of benzene rings is 1. The third-order valence-electron chi connectivity index (χ3n) is 3.32. The van der Waals surface area contributed by atoms with Gasteiger partial charge in [0.25, 0.3) is 0 Å². The molecule has 0 heterocycles. The van der Waals surface area contributed by atoms with Gasteiger partial charge >= 0.3 is 10.4 Å². The molecule has 0 aromatic heterocycles. The highest BCUT2D eigenvalue weighted by molar-refractivity contribution is 7.81. The van der Waals surface area contributed by atoms with Gasteiger partial charge in [0.1, 0.15) is 5.75 Å². The summed E-state index contributed by atoms with van der Waals surface area (Å²) in [6.45, 7) is 3.11. The lowest BCUT2D eigenvalue weighted by molar-refractivity contribution is 0.382. The van der Waals surface area contributed by atoms with Crippen LogP contribution in [0.5, 0.6) is 5.75 Å². The van der Waals surface area contributed by atoms with Gasteiger partial charge in [-0.05, 0) is 49.4 Å². The largest absolute Gasteiger partial charge is 0.446 e. The molecule has 1 aliphatic rings. The highest BCUT2D eigenvalue weighted by atomic mass is 32.3. The summed E-state index contributed by atoms with van der Waals surface area (Å²) in [5, 5.41) is 3.47. The van der Waals surface area contributed by atoms with Crippen molar-refractivity contribution in [1.29, 1.82) is 0 Å². The van der Waals surface area contributed by atoms with Gasteiger partial charge in [0.15, 0.2) is 0 Å². The molecule has 6 heteroatoms. The van der Waals surface area contributed by atoms with Crippen LogP contribution in [-0.4, -0.2) is 25.6 Å². The first-order chi connectivity index (χ1) is 8.99. The first-order valence-electron chi connectivity index (χ1n) is 6.50. The van der Waals surface area contributed by atoms with E-state index in [1.54, 1.807) is 12.1 Å². The lowest BCUT2D eigenvalue weighted by Gasteiger charge is -2.26. The topological polar surface area (TPSA) is 75.6 Å². The molecule has 0 spiro atoms.